The largest absolute Gasteiger partial charge is 0.496 e. The topological polar surface area (TPSA) is 53.7 Å². The molecule has 0 radical (unpaired) electrons. The van der Waals surface area contributed by atoms with Crippen molar-refractivity contribution in [3.8, 4) is 5.75 Å². The molecule has 1 aromatic carbocycles. The third kappa shape index (κ3) is 2.82. The van der Waals surface area contributed by atoms with Crippen LogP contribution in [-0.4, -0.2) is 25.4 Å². The molecule has 2 N–H and O–H groups in total. The van der Waals surface area contributed by atoms with Gasteiger partial charge >= 0.3 is 7.12 Å². The molecule has 1 aliphatic rings. The standard InChI is InChI=1S/C16H26BNO3/c1-10-8-12(9-11(2)13(10)19-7)14(18)17-20-15(3,4)16(5,6)21-17/h8-9,14H,18H2,1-7H3/t14-/m0/s1. The zero-order valence-electron chi connectivity index (χ0n) is 14.1. The zero-order chi connectivity index (χ0) is 16.0. The molecular weight excluding hydrogens is 265 g/mol. The molecule has 4 nitrogen and oxygen atoms in total. The van der Waals surface area contributed by atoms with E-state index in [4.69, 9.17) is 19.8 Å². The molecule has 116 valence electrons. The lowest BCUT2D eigenvalue weighted by molar-refractivity contribution is 0.00578. The van der Waals surface area contributed by atoms with Gasteiger partial charge in [-0.3, -0.25) is 0 Å². The van der Waals surface area contributed by atoms with E-state index < -0.39 is 7.12 Å². The SMILES string of the molecule is COc1c(C)cc([C@H](N)B2OC(C)(C)C(C)(C)O2)cc1C. The highest BCUT2D eigenvalue weighted by molar-refractivity contribution is 6.47. The number of methoxy groups -OCH3 is 1. The second kappa shape index (κ2) is 5.31. The number of hydrogen-bond donors (Lipinski definition) is 1. The Labute approximate surface area is 128 Å². The van der Waals surface area contributed by atoms with Crippen LogP contribution in [0.4, 0.5) is 0 Å². The lowest BCUT2D eigenvalue weighted by Gasteiger charge is -2.32. The molecule has 0 unspecified atom stereocenters. The van der Waals surface area contributed by atoms with Crippen LogP contribution in [0.25, 0.3) is 0 Å². The second-order valence-electron chi connectivity index (χ2n) is 6.84. The summed E-state index contributed by atoms with van der Waals surface area (Å²) < 4.78 is 17.5. The summed E-state index contributed by atoms with van der Waals surface area (Å²) >= 11 is 0. The van der Waals surface area contributed by atoms with Crippen LogP contribution < -0.4 is 10.5 Å². The van der Waals surface area contributed by atoms with Gasteiger partial charge in [0, 0.05) is 0 Å². The van der Waals surface area contributed by atoms with Gasteiger partial charge in [0.15, 0.2) is 0 Å². The summed E-state index contributed by atoms with van der Waals surface area (Å²) in [6, 6.07) is 4.09. The summed E-state index contributed by atoms with van der Waals surface area (Å²) in [5.41, 5.74) is 8.78. The average molecular weight is 291 g/mol. The maximum atomic E-state index is 6.38. The molecule has 1 saturated heterocycles. The fourth-order valence-electron chi connectivity index (χ4n) is 2.69. The summed E-state index contributed by atoms with van der Waals surface area (Å²) in [5.74, 6) is 0.578. The van der Waals surface area contributed by atoms with Crippen LogP contribution in [0.15, 0.2) is 12.1 Å². The minimum Gasteiger partial charge on any atom is -0.496 e. The first kappa shape index (κ1) is 16.3. The number of ether oxygens (including phenoxy) is 1. The van der Waals surface area contributed by atoms with Gasteiger partial charge in [0.2, 0.25) is 0 Å². The Kier molecular flexibility index (Phi) is 4.13. The Morgan fingerprint density at radius 2 is 1.48 bits per heavy atom. The van der Waals surface area contributed by atoms with E-state index in [0.717, 1.165) is 22.4 Å². The van der Waals surface area contributed by atoms with Gasteiger partial charge in [-0.25, -0.2) is 0 Å². The van der Waals surface area contributed by atoms with Gasteiger partial charge in [0.1, 0.15) is 5.75 Å². The minimum atomic E-state index is -0.442. The smallest absolute Gasteiger partial charge is 0.480 e. The van der Waals surface area contributed by atoms with Gasteiger partial charge < -0.3 is 19.8 Å². The second-order valence-corrected chi connectivity index (χ2v) is 6.84. The summed E-state index contributed by atoms with van der Waals surface area (Å²) in [5, 5.41) is 0. The molecule has 1 aromatic rings. The van der Waals surface area contributed by atoms with Gasteiger partial charge in [-0.15, -0.1) is 0 Å². The molecule has 0 bridgehead atoms. The van der Waals surface area contributed by atoms with Crippen molar-refractivity contribution in [3.05, 3.63) is 28.8 Å². The van der Waals surface area contributed by atoms with Gasteiger partial charge in [-0.05, 0) is 58.2 Å². The van der Waals surface area contributed by atoms with E-state index in [2.05, 4.69) is 0 Å². The molecule has 1 heterocycles. The van der Waals surface area contributed by atoms with E-state index in [1.807, 2.05) is 53.7 Å². The molecule has 5 heteroatoms. The minimum absolute atomic E-state index is 0.325. The van der Waals surface area contributed by atoms with Crippen molar-refractivity contribution < 1.29 is 14.0 Å². The van der Waals surface area contributed by atoms with Crippen molar-refractivity contribution in [2.24, 2.45) is 5.73 Å². The highest BCUT2D eigenvalue weighted by atomic mass is 16.7. The van der Waals surface area contributed by atoms with Crippen LogP contribution in [-0.2, 0) is 9.31 Å². The molecule has 0 amide bonds. The number of benzene rings is 1. The Bertz CT molecular complexity index is 503. The van der Waals surface area contributed by atoms with E-state index >= 15 is 0 Å². The average Bonchev–Trinajstić information content (AvgIpc) is 2.57. The van der Waals surface area contributed by atoms with Gasteiger partial charge in [0.25, 0.3) is 0 Å². The van der Waals surface area contributed by atoms with Crippen molar-refractivity contribution in [1.29, 1.82) is 0 Å². The fourth-order valence-corrected chi connectivity index (χ4v) is 2.69. The van der Waals surface area contributed by atoms with E-state index in [0.29, 0.717) is 0 Å². The van der Waals surface area contributed by atoms with Crippen LogP contribution >= 0.6 is 0 Å². The van der Waals surface area contributed by atoms with Crippen LogP contribution in [0, 0.1) is 13.8 Å². The fraction of sp³-hybridized carbons (Fsp3) is 0.625. The van der Waals surface area contributed by atoms with E-state index in [-0.39, 0.29) is 17.1 Å². The number of rotatable bonds is 3. The van der Waals surface area contributed by atoms with E-state index in [1.165, 1.54) is 0 Å². The van der Waals surface area contributed by atoms with Gasteiger partial charge in [-0.1, -0.05) is 12.1 Å². The maximum absolute atomic E-state index is 6.38. The first-order valence-corrected chi connectivity index (χ1v) is 7.35. The third-order valence-electron chi connectivity index (χ3n) is 4.64. The molecule has 0 aromatic heterocycles. The van der Waals surface area contributed by atoms with Crippen molar-refractivity contribution in [2.75, 3.05) is 7.11 Å². The molecular formula is C16H26BNO3. The molecule has 1 aliphatic heterocycles. The van der Waals surface area contributed by atoms with Crippen molar-refractivity contribution in [1.82, 2.24) is 0 Å². The third-order valence-corrected chi connectivity index (χ3v) is 4.64. The van der Waals surface area contributed by atoms with E-state index in [9.17, 15) is 0 Å². The Morgan fingerprint density at radius 3 is 1.86 bits per heavy atom. The lowest BCUT2D eigenvalue weighted by atomic mass is 9.74. The highest BCUT2D eigenvalue weighted by Crippen LogP contribution is 2.40. The first-order valence-electron chi connectivity index (χ1n) is 7.35. The normalized spacial score (nSPS) is 21.4. The van der Waals surface area contributed by atoms with Gasteiger partial charge in [-0.2, -0.15) is 0 Å². The number of aryl methyl sites for hydroxylation is 2. The summed E-state index contributed by atoms with van der Waals surface area (Å²) in [7, 11) is 1.24. The Hall–Kier alpha value is -1.04. The summed E-state index contributed by atoms with van der Waals surface area (Å²) in [6.45, 7) is 12.2. The Balaban J connectivity index is 2.28. The molecule has 1 fully saturated rings. The van der Waals surface area contributed by atoms with Crippen molar-refractivity contribution in [3.63, 3.8) is 0 Å². The zero-order valence-corrected chi connectivity index (χ0v) is 14.1. The Morgan fingerprint density at radius 1 is 1.05 bits per heavy atom. The number of nitrogens with two attached hydrogens (primary N) is 1. The summed E-state index contributed by atoms with van der Waals surface area (Å²) in [6.07, 6.45) is 0. The van der Waals surface area contributed by atoms with Crippen molar-refractivity contribution in [2.45, 2.75) is 58.7 Å². The predicted molar refractivity (Wildman–Crippen MR) is 85.5 cm³/mol. The highest BCUT2D eigenvalue weighted by Gasteiger charge is 2.53. The first-order chi connectivity index (χ1) is 9.59. The van der Waals surface area contributed by atoms with Gasteiger partial charge in [0.05, 0.1) is 24.3 Å². The maximum Gasteiger partial charge on any atom is 0.480 e. The molecule has 0 saturated carbocycles. The van der Waals surface area contributed by atoms with E-state index in [1.54, 1.807) is 7.11 Å². The number of hydrogen-bond acceptors (Lipinski definition) is 4. The quantitative estimate of drug-likeness (QED) is 0.870. The lowest BCUT2D eigenvalue weighted by Crippen LogP contribution is -2.41. The molecule has 21 heavy (non-hydrogen) atoms. The molecule has 1 atom stereocenters. The molecule has 2 rings (SSSR count). The van der Waals surface area contributed by atoms with Crippen LogP contribution in [0.5, 0.6) is 5.75 Å². The molecule has 0 aliphatic carbocycles. The monoisotopic (exact) mass is 291 g/mol. The summed E-state index contributed by atoms with van der Waals surface area (Å²) in [4.78, 5) is 0. The van der Waals surface area contributed by atoms with Crippen LogP contribution in [0.1, 0.15) is 50.3 Å². The predicted octanol–water partition coefficient (Wildman–Crippen LogP) is 2.94. The molecule has 0 spiro atoms. The van der Waals surface area contributed by atoms with Crippen LogP contribution in [0.3, 0.4) is 0 Å². The van der Waals surface area contributed by atoms with Crippen LogP contribution in [0.2, 0.25) is 0 Å². The van der Waals surface area contributed by atoms with Crippen molar-refractivity contribution >= 4 is 7.12 Å².